The van der Waals surface area contributed by atoms with E-state index in [9.17, 15) is 4.79 Å². The summed E-state index contributed by atoms with van der Waals surface area (Å²) in [7, 11) is 0. The first kappa shape index (κ1) is 16.6. The fraction of sp³-hybridized carbons (Fsp3) is 0.842. The molecule has 0 heterocycles. The molecular formula is C19H32O2. The van der Waals surface area contributed by atoms with Gasteiger partial charge in [0, 0.05) is 5.41 Å². The molecule has 1 saturated carbocycles. The first-order valence-corrected chi connectivity index (χ1v) is 8.85. The monoisotopic (exact) mass is 292 g/mol. The zero-order valence-corrected chi connectivity index (χ0v) is 14.4. The number of carbonyl (C=O) groups is 1. The number of fused-ring (bicyclic) bond motifs is 1. The molecule has 2 nitrogen and oxygen atoms in total. The van der Waals surface area contributed by atoms with Gasteiger partial charge in [-0.2, -0.15) is 0 Å². The Labute approximate surface area is 130 Å². The van der Waals surface area contributed by atoms with Crippen molar-refractivity contribution in [2.45, 2.75) is 79.2 Å². The zero-order chi connectivity index (χ0) is 15.6. The molecule has 0 amide bonds. The van der Waals surface area contributed by atoms with Gasteiger partial charge in [-0.3, -0.25) is 4.79 Å². The molecule has 0 aromatic carbocycles. The summed E-state index contributed by atoms with van der Waals surface area (Å²) in [4.78, 5) is 12.3. The van der Waals surface area contributed by atoms with E-state index in [1.807, 2.05) is 6.92 Å². The molecule has 0 saturated heterocycles. The van der Waals surface area contributed by atoms with E-state index in [0.717, 1.165) is 25.2 Å². The lowest BCUT2D eigenvalue weighted by Gasteiger charge is -2.52. The molecule has 0 unspecified atom stereocenters. The summed E-state index contributed by atoms with van der Waals surface area (Å²) in [6, 6.07) is 0. The summed E-state index contributed by atoms with van der Waals surface area (Å²) in [5.41, 5.74) is 1.62. The Kier molecular flexibility index (Phi) is 5.16. The first-order valence-electron chi connectivity index (χ1n) is 8.85. The van der Waals surface area contributed by atoms with Gasteiger partial charge >= 0.3 is 5.97 Å². The highest BCUT2D eigenvalue weighted by Gasteiger charge is 2.50. The Morgan fingerprint density at radius 1 is 1.43 bits per heavy atom. The van der Waals surface area contributed by atoms with E-state index in [2.05, 4.69) is 33.8 Å². The Hall–Kier alpha value is -0.790. The van der Waals surface area contributed by atoms with Crippen molar-refractivity contribution in [3.8, 4) is 0 Å². The van der Waals surface area contributed by atoms with Crippen LogP contribution in [0.4, 0.5) is 0 Å². The molecule has 0 aliphatic heterocycles. The Morgan fingerprint density at radius 2 is 2.14 bits per heavy atom. The molecule has 2 aliphatic carbocycles. The molecule has 0 aromatic heterocycles. The normalized spacial score (nSPS) is 37.4. The van der Waals surface area contributed by atoms with Crippen LogP contribution in [0.3, 0.4) is 0 Å². The third-order valence-electron chi connectivity index (χ3n) is 6.22. The maximum absolute atomic E-state index is 12.3. The van der Waals surface area contributed by atoms with Gasteiger partial charge in [0.1, 0.15) is 6.10 Å². The maximum Gasteiger partial charge on any atom is 0.308 e. The fourth-order valence-corrected chi connectivity index (χ4v) is 4.59. The molecule has 1 fully saturated rings. The van der Waals surface area contributed by atoms with Gasteiger partial charge in [-0.05, 0) is 43.9 Å². The molecule has 2 aliphatic rings. The molecule has 0 N–H and O–H groups in total. The molecule has 120 valence electrons. The van der Waals surface area contributed by atoms with Crippen molar-refractivity contribution in [2.24, 2.45) is 23.2 Å². The van der Waals surface area contributed by atoms with Crippen LogP contribution in [-0.4, -0.2) is 12.1 Å². The first-order chi connectivity index (χ1) is 9.94. The van der Waals surface area contributed by atoms with E-state index in [-0.39, 0.29) is 23.4 Å². The second kappa shape index (κ2) is 6.54. The smallest absolute Gasteiger partial charge is 0.308 e. The second-order valence-electron chi connectivity index (χ2n) is 7.35. The van der Waals surface area contributed by atoms with Crippen LogP contribution >= 0.6 is 0 Å². The van der Waals surface area contributed by atoms with Crippen molar-refractivity contribution >= 4 is 5.97 Å². The molecule has 0 radical (unpaired) electrons. The van der Waals surface area contributed by atoms with E-state index in [0.29, 0.717) is 5.92 Å². The van der Waals surface area contributed by atoms with E-state index in [1.54, 1.807) is 5.57 Å². The predicted octanol–water partition coefficient (Wildman–Crippen LogP) is 5.13. The molecule has 2 rings (SSSR count). The molecule has 2 heteroatoms. The van der Waals surface area contributed by atoms with Gasteiger partial charge in [0.2, 0.25) is 0 Å². The quantitative estimate of drug-likeness (QED) is 0.530. The number of carbonyl (C=O) groups excluding carboxylic acids is 1. The summed E-state index contributed by atoms with van der Waals surface area (Å²) in [6.07, 6.45) is 9.07. The van der Waals surface area contributed by atoms with Gasteiger partial charge in [-0.25, -0.2) is 0 Å². The minimum atomic E-state index is -0.00180. The van der Waals surface area contributed by atoms with E-state index in [4.69, 9.17) is 4.74 Å². The Morgan fingerprint density at radius 3 is 2.76 bits per heavy atom. The van der Waals surface area contributed by atoms with Crippen molar-refractivity contribution in [1.82, 2.24) is 0 Å². The van der Waals surface area contributed by atoms with Crippen LogP contribution in [-0.2, 0) is 9.53 Å². The summed E-state index contributed by atoms with van der Waals surface area (Å²) in [5, 5.41) is 0. The number of ether oxygens (including phenoxy) is 1. The average molecular weight is 292 g/mol. The Balaban J connectivity index is 2.25. The predicted molar refractivity (Wildman–Crippen MR) is 86.9 cm³/mol. The standard InChI is InChI=1S/C19H32O2/c1-6-13(3)18(20)21-17-10-8-9-15-12-11-14(4)16(7-2)19(15,17)5/h9,13-14,16-17H,6-8,10-12H2,1-5H3/t13-,14-,16-,17-,19-/m0/s1. The van der Waals surface area contributed by atoms with Crippen LogP contribution in [0.2, 0.25) is 0 Å². The van der Waals surface area contributed by atoms with Gasteiger partial charge < -0.3 is 4.74 Å². The maximum atomic E-state index is 12.3. The minimum absolute atomic E-state index is 0.00180. The van der Waals surface area contributed by atoms with Crippen LogP contribution in [0, 0.1) is 23.2 Å². The average Bonchev–Trinajstić information content (AvgIpc) is 2.47. The van der Waals surface area contributed by atoms with Crippen LogP contribution in [0.25, 0.3) is 0 Å². The highest BCUT2D eigenvalue weighted by Crippen LogP contribution is 2.55. The lowest BCUT2D eigenvalue weighted by Crippen LogP contribution is -2.49. The van der Waals surface area contributed by atoms with Crippen molar-refractivity contribution in [2.75, 3.05) is 0 Å². The number of rotatable bonds is 4. The molecule has 0 spiro atoms. The third kappa shape index (κ3) is 2.91. The molecule has 0 bridgehead atoms. The lowest BCUT2D eigenvalue weighted by molar-refractivity contribution is -0.164. The second-order valence-corrected chi connectivity index (χ2v) is 7.35. The van der Waals surface area contributed by atoms with Gasteiger partial charge in [0.15, 0.2) is 0 Å². The molecular weight excluding hydrogens is 260 g/mol. The van der Waals surface area contributed by atoms with Gasteiger partial charge in [-0.1, -0.05) is 52.7 Å². The van der Waals surface area contributed by atoms with Crippen molar-refractivity contribution in [3.05, 3.63) is 11.6 Å². The molecule has 21 heavy (non-hydrogen) atoms. The van der Waals surface area contributed by atoms with Crippen LogP contribution in [0.5, 0.6) is 0 Å². The molecule has 5 atom stereocenters. The van der Waals surface area contributed by atoms with E-state index in [1.165, 1.54) is 19.3 Å². The number of allylic oxidation sites excluding steroid dienone is 1. The van der Waals surface area contributed by atoms with Gasteiger partial charge in [0.05, 0.1) is 5.92 Å². The third-order valence-corrected chi connectivity index (χ3v) is 6.22. The summed E-state index contributed by atoms with van der Waals surface area (Å²) < 4.78 is 6.02. The van der Waals surface area contributed by atoms with Crippen molar-refractivity contribution in [1.29, 1.82) is 0 Å². The van der Waals surface area contributed by atoms with Crippen LogP contribution < -0.4 is 0 Å². The summed E-state index contributed by atoms with van der Waals surface area (Å²) in [5.74, 6) is 1.37. The largest absolute Gasteiger partial charge is 0.461 e. The SMILES string of the molecule is CC[C@H](C)C(=O)O[C@H]1CCC=C2CC[C@H](C)[C@H](CC)[C@]21C. The van der Waals surface area contributed by atoms with Crippen LogP contribution in [0.15, 0.2) is 11.6 Å². The Bertz CT molecular complexity index is 412. The van der Waals surface area contributed by atoms with Gasteiger partial charge in [-0.15, -0.1) is 0 Å². The highest BCUT2D eigenvalue weighted by molar-refractivity contribution is 5.72. The number of hydrogen-bond acceptors (Lipinski definition) is 2. The van der Waals surface area contributed by atoms with Gasteiger partial charge in [0.25, 0.3) is 0 Å². The highest BCUT2D eigenvalue weighted by atomic mass is 16.5. The number of esters is 1. The summed E-state index contributed by atoms with van der Waals surface area (Å²) >= 11 is 0. The number of hydrogen-bond donors (Lipinski definition) is 0. The zero-order valence-electron chi connectivity index (χ0n) is 14.4. The van der Waals surface area contributed by atoms with E-state index < -0.39 is 0 Å². The lowest BCUT2D eigenvalue weighted by atomic mass is 9.55. The summed E-state index contributed by atoms with van der Waals surface area (Å²) in [6.45, 7) is 11.1. The molecule has 0 aromatic rings. The van der Waals surface area contributed by atoms with Crippen LogP contribution in [0.1, 0.15) is 73.1 Å². The van der Waals surface area contributed by atoms with Crippen molar-refractivity contribution in [3.63, 3.8) is 0 Å². The fourth-order valence-electron chi connectivity index (χ4n) is 4.59. The van der Waals surface area contributed by atoms with Crippen molar-refractivity contribution < 1.29 is 9.53 Å². The topological polar surface area (TPSA) is 26.3 Å². The van der Waals surface area contributed by atoms with E-state index >= 15 is 0 Å². The minimum Gasteiger partial charge on any atom is -0.461 e.